The molecule has 4 atom stereocenters. The van der Waals surface area contributed by atoms with E-state index in [4.69, 9.17) is 9.47 Å². The van der Waals surface area contributed by atoms with Crippen molar-refractivity contribution in [3.63, 3.8) is 0 Å². The highest BCUT2D eigenvalue weighted by Gasteiger charge is 2.43. The zero-order chi connectivity index (χ0) is 21.6. The number of methoxy groups -OCH3 is 1. The topological polar surface area (TPSA) is 80.2 Å². The van der Waals surface area contributed by atoms with Crippen LogP contribution in [0, 0.1) is 11.8 Å². The van der Waals surface area contributed by atoms with E-state index in [1.807, 2.05) is 34.6 Å². The van der Waals surface area contributed by atoms with Crippen LogP contribution in [0.1, 0.15) is 61.3 Å². The van der Waals surface area contributed by atoms with E-state index in [1.165, 1.54) is 4.90 Å². The van der Waals surface area contributed by atoms with Gasteiger partial charge in [-0.05, 0) is 46.5 Å². The van der Waals surface area contributed by atoms with E-state index in [2.05, 4.69) is 24.2 Å². The molecule has 7 heteroatoms. The molecule has 0 aliphatic carbocycles. The van der Waals surface area contributed by atoms with Gasteiger partial charge in [0.1, 0.15) is 5.60 Å². The van der Waals surface area contributed by atoms with Crippen LogP contribution in [0.5, 0.6) is 0 Å². The molecular weight excluding hydrogens is 358 g/mol. The van der Waals surface area contributed by atoms with Gasteiger partial charge in [-0.1, -0.05) is 20.8 Å². The number of amides is 2. The third kappa shape index (κ3) is 6.76. The monoisotopic (exact) mass is 397 g/mol. The molecule has 1 aliphatic heterocycles. The molecule has 0 bridgehead atoms. The fourth-order valence-electron chi connectivity index (χ4n) is 3.34. The summed E-state index contributed by atoms with van der Waals surface area (Å²) in [4.78, 5) is 31.2. The highest BCUT2D eigenvalue weighted by atomic mass is 16.6. The Kier molecular flexibility index (Phi) is 8.92. The molecule has 7 nitrogen and oxygen atoms in total. The van der Waals surface area contributed by atoms with Crippen molar-refractivity contribution in [3.8, 4) is 0 Å². The van der Waals surface area contributed by atoms with E-state index in [0.717, 1.165) is 18.6 Å². The van der Waals surface area contributed by atoms with E-state index in [1.54, 1.807) is 14.2 Å². The first-order chi connectivity index (χ1) is 12.9. The molecule has 1 heterocycles. The SMILES string of the molecule is COC1C(C)C(C(C)N(C)C(=O)OC(C)(C)C)=NC1C(=O)NCCCC(C)C. The number of hydrogen-bond donors (Lipinski definition) is 1. The molecule has 0 fully saturated rings. The van der Waals surface area contributed by atoms with Gasteiger partial charge < -0.3 is 19.7 Å². The van der Waals surface area contributed by atoms with Crippen LogP contribution in [0.25, 0.3) is 0 Å². The molecule has 0 aromatic carbocycles. The number of nitrogens with zero attached hydrogens (tertiary/aromatic N) is 2. The first kappa shape index (κ1) is 24.4. The maximum atomic E-state index is 12.7. The Morgan fingerprint density at radius 3 is 2.36 bits per heavy atom. The molecule has 4 unspecified atom stereocenters. The van der Waals surface area contributed by atoms with Crippen molar-refractivity contribution in [1.82, 2.24) is 10.2 Å². The zero-order valence-electron chi connectivity index (χ0n) is 19.0. The molecule has 2 amide bonds. The Hall–Kier alpha value is -1.63. The maximum absolute atomic E-state index is 12.7. The number of carbonyl (C=O) groups is 2. The minimum Gasteiger partial charge on any atom is -0.444 e. The van der Waals surface area contributed by atoms with Crippen LogP contribution in [0.3, 0.4) is 0 Å². The van der Waals surface area contributed by atoms with E-state index in [9.17, 15) is 9.59 Å². The first-order valence-electron chi connectivity index (χ1n) is 10.2. The van der Waals surface area contributed by atoms with Gasteiger partial charge in [0.25, 0.3) is 0 Å². The minimum atomic E-state index is -0.594. The molecule has 0 saturated heterocycles. The summed E-state index contributed by atoms with van der Waals surface area (Å²) >= 11 is 0. The van der Waals surface area contributed by atoms with Crippen molar-refractivity contribution < 1.29 is 19.1 Å². The maximum Gasteiger partial charge on any atom is 0.410 e. The summed E-state index contributed by atoms with van der Waals surface area (Å²) in [5.74, 6) is 0.421. The number of ether oxygens (including phenoxy) is 2. The lowest BCUT2D eigenvalue weighted by atomic mass is 9.94. The predicted molar refractivity (Wildman–Crippen MR) is 112 cm³/mol. The number of carbonyl (C=O) groups excluding carboxylic acids is 2. The van der Waals surface area contributed by atoms with Crippen LogP contribution in [-0.4, -0.2) is 67.1 Å². The fraction of sp³-hybridized carbons (Fsp3) is 0.857. The highest BCUT2D eigenvalue weighted by molar-refractivity contribution is 5.99. The second-order valence-corrected chi connectivity index (χ2v) is 9.08. The van der Waals surface area contributed by atoms with Gasteiger partial charge in [-0.3, -0.25) is 9.79 Å². The van der Waals surface area contributed by atoms with E-state index < -0.39 is 17.7 Å². The standard InChI is InChI=1S/C21H39N3O4/c1-13(2)11-10-12-22-19(25)17-18(27-9)14(3)16(23-17)15(4)24(8)20(26)28-21(5,6)7/h13-15,17-18H,10-12H2,1-9H3,(H,22,25). The summed E-state index contributed by atoms with van der Waals surface area (Å²) in [6.45, 7) is 14.4. The number of nitrogens with one attached hydrogen (secondary N) is 1. The first-order valence-corrected chi connectivity index (χ1v) is 10.2. The largest absolute Gasteiger partial charge is 0.444 e. The quantitative estimate of drug-likeness (QED) is 0.638. The lowest BCUT2D eigenvalue weighted by Crippen LogP contribution is -2.45. The van der Waals surface area contributed by atoms with E-state index in [-0.39, 0.29) is 24.0 Å². The second-order valence-electron chi connectivity index (χ2n) is 9.08. The van der Waals surface area contributed by atoms with Crippen molar-refractivity contribution in [2.24, 2.45) is 16.8 Å². The van der Waals surface area contributed by atoms with Gasteiger partial charge in [-0.15, -0.1) is 0 Å². The molecule has 28 heavy (non-hydrogen) atoms. The minimum absolute atomic E-state index is 0.0729. The van der Waals surface area contributed by atoms with E-state index >= 15 is 0 Å². The molecule has 1 rings (SSSR count). The lowest BCUT2D eigenvalue weighted by Gasteiger charge is -2.30. The smallest absolute Gasteiger partial charge is 0.410 e. The van der Waals surface area contributed by atoms with Crippen LogP contribution in [-0.2, 0) is 14.3 Å². The third-order valence-electron chi connectivity index (χ3n) is 5.05. The molecule has 0 saturated carbocycles. The molecular formula is C21H39N3O4. The van der Waals surface area contributed by atoms with Crippen molar-refractivity contribution in [2.45, 2.75) is 85.1 Å². The van der Waals surface area contributed by atoms with E-state index in [0.29, 0.717) is 12.5 Å². The van der Waals surface area contributed by atoms with Gasteiger partial charge in [0, 0.05) is 32.3 Å². The predicted octanol–water partition coefficient (Wildman–Crippen LogP) is 3.27. The summed E-state index contributed by atoms with van der Waals surface area (Å²) in [5.41, 5.74) is 0.212. The highest BCUT2D eigenvalue weighted by Crippen LogP contribution is 2.27. The Bertz CT molecular complexity index is 568. The van der Waals surface area contributed by atoms with Gasteiger partial charge in [-0.2, -0.15) is 0 Å². The van der Waals surface area contributed by atoms with Crippen LogP contribution < -0.4 is 5.32 Å². The summed E-state index contributed by atoms with van der Waals surface area (Å²) in [5, 5.41) is 2.98. The van der Waals surface area contributed by atoms with Crippen LogP contribution in [0.4, 0.5) is 4.79 Å². The number of hydrogen-bond acceptors (Lipinski definition) is 5. The lowest BCUT2D eigenvalue weighted by molar-refractivity contribution is -0.125. The van der Waals surface area contributed by atoms with Crippen LogP contribution in [0.15, 0.2) is 4.99 Å². The normalized spacial score (nSPS) is 23.4. The van der Waals surface area contributed by atoms with Crippen molar-refractivity contribution in [3.05, 3.63) is 0 Å². The Balaban J connectivity index is 2.83. The summed E-state index contributed by atoms with van der Waals surface area (Å²) in [6, 6.07) is -0.884. The van der Waals surface area contributed by atoms with Gasteiger partial charge >= 0.3 is 6.09 Å². The zero-order valence-corrected chi connectivity index (χ0v) is 19.0. The number of rotatable bonds is 8. The Morgan fingerprint density at radius 1 is 1.25 bits per heavy atom. The van der Waals surface area contributed by atoms with Crippen molar-refractivity contribution >= 4 is 17.7 Å². The third-order valence-corrected chi connectivity index (χ3v) is 5.05. The van der Waals surface area contributed by atoms with Crippen LogP contribution in [0.2, 0.25) is 0 Å². The molecule has 1 N–H and O–H groups in total. The number of aliphatic imine (C=N–C) groups is 1. The molecule has 0 radical (unpaired) electrons. The van der Waals surface area contributed by atoms with Gasteiger partial charge in [0.2, 0.25) is 5.91 Å². The van der Waals surface area contributed by atoms with Gasteiger partial charge in [0.15, 0.2) is 6.04 Å². The molecule has 0 aromatic heterocycles. The molecule has 162 valence electrons. The van der Waals surface area contributed by atoms with Crippen molar-refractivity contribution in [2.75, 3.05) is 20.7 Å². The Labute approximate surface area is 170 Å². The van der Waals surface area contributed by atoms with Crippen molar-refractivity contribution in [1.29, 1.82) is 0 Å². The molecule has 1 aliphatic rings. The molecule has 0 aromatic rings. The van der Waals surface area contributed by atoms with Gasteiger partial charge in [0.05, 0.1) is 12.1 Å². The van der Waals surface area contributed by atoms with Crippen LogP contribution >= 0.6 is 0 Å². The second kappa shape index (κ2) is 10.2. The van der Waals surface area contributed by atoms with Gasteiger partial charge in [-0.25, -0.2) is 4.79 Å². The summed E-state index contributed by atoms with van der Waals surface area (Å²) in [6.07, 6.45) is 1.26. The fourth-order valence-corrected chi connectivity index (χ4v) is 3.34. The Morgan fingerprint density at radius 2 is 1.86 bits per heavy atom. The summed E-state index contributed by atoms with van der Waals surface area (Å²) in [7, 11) is 3.29. The molecule has 0 spiro atoms. The summed E-state index contributed by atoms with van der Waals surface area (Å²) < 4.78 is 11.0. The average Bonchev–Trinajstić information content (AvgIpc) is 2.92. The average molecular weight is 398 g/mol.